The molecular formula is C32H41NO7. The van der Waals surface area contributed by atoms with Crippen molar-refractivity contribution in [2.45, 2.75) is 53.5 Å². The van der Waals surface area contributed by atoms with Crippen LogP contribution in [-0.2, 0) is 11.2 Å². The largest absolute Gasteiger partial charge is 0.496 e. The van der Waals surface area contributed by atoms with Gasteiger partial charge < -0.3 is 33.3 Å². The summed E-state index contributed by atoms with van der Waals surface area (Å²) in [4.78, 5) is 16.3. The number of ether oxygens (including phenoxy) is 6. The zero-order valence-corrected chi connectivity index (χ0v) is 25.5. The van der Waals surface area contributed by atoms with E-state index < -0.39 is 5.92 Å². The molecule has 1 aliphatic heterocycles. The SMILES string of the molecule is CCC1c2c(OC)c(OC)c(C)c(OC)c2C(C)=CN1C(=O)[C@@H]1Cc2c(c(OC)c(OC)c(C)c2OC)C=C1C. The predicted octanol–water partition coefficient (Wildman–Crippen LogP) is 6.28. The van der Waals surface area contributed by atoms with Crippen LogP contribution in [-0.4, -0.2) is 53.5 Å². The molecule has 0 saturated carbocycles. The quantitative estimate of drug-likeness (QED) is 0.382. The molecule has 0 bridgehead atoms. The van der Waals surface area contributed by atoms with Crippen molar-refractivity contribution in [1.82, 2.24) is 4.90 Å². The average Bonchev–Trinajstić information content (AvgIpc) is 2.95. The smallest absolute Gasteiger partial charge is 0.234 e. The first-order chi connectivity index (χ1) is 19.1. The standard InChI is InChI=1S/C32H41NO7/c1-12-23-25-24(27(36-7)19(5)29(38-9)31(25)40-11)17(3)15-33(23)32(34)20-14-22-21(13-16(20)2)30(39-10)28(37-8)18(4)26(22)35-6/h13,15,20,23H,12,14H2,1-11H3/t20-,23?/m1/s1. The van der Waals surface area contributed by atoms with Crippen molar-refractivity contribution in [2.24, 2.45) is 5.92 Å². The van der Waals surface area contributed by atoms with Gasteiger partial charge in [-0.25, -0.2) is 0 Å². The first kappa shape index (κ1) is 29.2. The van der Waals surface area contributed by atoms with E-state index in [4.69, 9.17) is 28.4 Å². The second kappa shape index (κ2) is 11.4. The number of fused-ring (bicyclic) bond motifs is 2. The van der Waals surface area contributed by atoms with Gasteiger partial charge in [-0.2, -0.15) is 0 Å². The van der Waals surface area contributed by atoms with Crippen molar-refractivity contribution in [1.29, 1.82) is 0 Å². The molecule has 0 N–H and O–H groups in total. The number of methoxy groups -OCH3 is 6. The second-order valence-electron chi connectivity index (χ2n) is 10.3. The monoisotopic (exact) mass is 551 g/mol. The number of carbonyl (C=O) groups is 1. The lowest BCUT2D eigenvalue weighted by atomic mass is 9.80. The van der Waals surface area contributed by atoms with Crippen LogP contribution in [0.15, 0.2) is 11.8 Å². The molecule has 2 aliphatic rings. The maximum atomic E-state index is 14.5. The van der Waals surface area contributed by atoms with Gasteiger partial charge in [-0.15, -0.1) is 0 Å². The summed E-state index contributed by atoms with van der Waals surface area (Å²) in [7, 11) is 9.82. The van der Waals surface area contributed by atoms with Gasteiger partial charge in [0.15, 0.2) is 23.0 Å². The maximum absolute atomic E-state index is 14.5. The van der Waals surface area contributed by atoms with Gasteiger partial charge in [-0.05, 0) is 46.1 Å². The molecule has 0 spiro atoms. The lowest BCUT2D eigenvalue weighted by Gasteiger charge is -2.39. The van der Waals surface area contributed by atoms with Gasteiger partial charge in [0.05, 0.1) is 54.6 Å². The zero-order valence-electron chi connectivity index (χ0n) is 25.5. The third-order valence-electron chi connectivity index (χ3n) is 8.25. The molecule has 1 amide bonds. The Balaban J connectivity index is 1.87. The fourth-order valence-electron chi connectivity index (χ4n) is 6.47. The molecule has 1 unspecified atom stereocenters. The lowest BCUT2D eigenvalue weighted by molar-refractivity contribution is -0.133. The van der Waals surface area contributed by atoms with Crippen LogP contribution >= 0.6 is 0 Å². The van der Waals surface area contributed by atoms with E-state index in [0.717, 1.165) is 50.3 Å². The van der Waals surface area contributed by atoms with E-state index in [2.05, 4.69) is 6.92 Å². The number of amides is 1. The van der Waals surface area contributed by atoms with Crippen LogP contribution in [0.3, 0.4) is 0 Å². The van der Waals surface area contributed by atoms with E-state index in [1.165, 1.54) is 0 Å². The van der Waals surface area contributed by atoms with Crippen LogP contribution in [0.5, 0.6) is 34.5 Å². The third-order valence-corrected chi connectivity index (χ3v) is 8.25. The van der Waals surface area contributed by atoms with Crippen molar-refractivity contribution in [3.63, 3.8) is 0 Å². The minimum atomic E-state index is -0.390. The van der Waals surface area contributed by atoms with Gasteiger partial charge in [0, 0.05) is 39.6 Å². The second-order valence-corrected chi connectivity index (χ2v) is 10.3. The minimum Gasteiger partial charge on any atom is -0.496 e. The molecule has 1 heterocycles. The van der Waals surface area contributed by atoms with Gasteiger partial charge in [0.1, 0.15) is 11.5 Å². The highest BCUT2D eigenvalue weighted by Gasteiger charge is 2.40. The Kier molecular flexibility index (Phi) is 8.28. The molecule has 8 nitrogen and oxygen atoms in total. The van der Waals surface area contributed by atoms with E-state index in [-0.39, 0.29) is 11.9 Å². The number of hydrogen-bond acceptors (Lipinski definition) is 7. The Morgan fingerprint density at radius 1 is 0.775 bits per heavy atom. The Morgan fingerprint density at radius 2 is 1.30 bits per heavy atom. The summed E-state index contributed by atoms with van der Waals surface area (Å²) in [6.07, 6.45) is 5.13. The summed E-state index contributed by atoms with van der Waals surface area (Å²) < 4.78 is 34.9. The Bertz CT molecular complexity index is 1410. The molecule has 2 aromatic rings. The van der Waals surface area contributed by atoms with Gasteiger partial charge >= 0.3 is 0 Å². The topological polar surface area (TPSA) is 75.7 Å². The van der Waals surface area contributed by atoms with Crippen LogP contribution in [0.4, 0.5) is 0 Å². The number of allylic oxidation sites excluding steroid dienone is 1. The average molecular weight is 552 g/mol. The fourth-order valence-corrected chi connectivity index (χ4v) is 6.47. The molecule has 40 heavy (non-hydrogen) atoms. The van der Waals surface area contributed by atoms with Gasteiger partial charge in [-0.1, -0.05) is 18.6 Å². The molecule has 0 saturated heterocycles. The lowest BCUT2D eigenvalue weighted by Crippen LogP contribution is -2.39. The first-order valence-corrected chi connectivity index (χ1v) is 13.5. The van der Waals surface area contributed by atoms with Crippen molar-refractivity contribution >= 4 is 17.6 Å². The van der Waals surface area contributed by atoms with Crippen molar-refractivity contribution in [3.05, 3.63) is 45.2 Å². The maximum Gasteiger partial charge on any atom is 0.234 e. The van der Waals surface area contributed by atoms with Gasteiger partial charge in [-0.3, -0.25) is 4.79 Å². The predicted molar refractivity (Wildman–Crippen MR) is 156 cm³/mol. The molecule has 2 aromatic carbocycles. The normalized spacial score (nSPS) is 17.7. The van der Waals surface area contributed by atoms with Crippen LogP contribution in [0.1, 0.15) is 66.6 Å². The van der Waals surface area contributed by atoms with Crippen molar-refractivity contribution in [2.75, 3.05) is 42.7 Å². The molecule has 0 aromatic heterocycles. The van der Waals surface area contributed by atoms with Crippen LogP contribution in [0.2, 0.25) is 0 Å². The Labute approximate surface area is 237 Å². The van der Waals surface area contributed by atoms with Crippen LogP contribution in [0, 0.1) is 19.8 Å². The summed E-state index contributed by atoms with van der Waals surface area (Å²) in [5.41, 5.74) is 7.24. The Hall–Kier alpha value is -3.81. The minimum absolute atomic E-state index is 0.00584. The summed E-state index contributed by atoms with van der Waals surface area (Å²) in [5.74, 6) is 3.58. The van der Waals surface area contributed by atoms with Gasteiger partial charge in [0.25, 0.3) is 0 Å². The highest BCUT2D eigenvalue weighted by Crippen LogP contribution is 2.54. The third kappa shape index (κ3) is 4.25. The summed E-state index contributed by atoms with van der Waals surface area (Å²) >= 11 is 0. The number of carbonyl (C=O) groups excluding carboxylic acids is 1. The number of benzene rings is 2. The molecule has 0 radical (unpaired) electrons. The number of nitrogens with zero attached hydrogens (tertiary/aromatic N) is 1. The van der Waals surface area contributed by atoms with Crippen molar-refractivity contribution < 1.29 is 33.2 Å². The fraction of sp³-hybridized carbons (Fsp3) is 0.469. The van der Waals surface area contributed by atoms with E-state index in [1.54, 1.807) is 42.7 Å². The number of hydrogen-bond donors (Lipinski definition) is 0. The zero-order chi connectivity index (χ0) is 29.5. The molecular weight excluding hydrogens is 510 g/mol. The van der Waals surface area contributed by atoms with Gasteiger partial charge in [0.2, 0.25) is 5.91 Å². The van der Waals surface area contributed by atoms with Crippen LogP contribution in [0.25, 0.3) is 11.6 Å². The molecule has 0 fully saturated rings. The van der Waals surface area contributed by atoms with E-state index in [1.807, 2.05) is 44.9 Å². The highest BCUT2D eigenvalue weighted by atomic mass is 16.5. The van der Waals surface area contributed by atoms with Crippen molar-refractivity contribution in [3.8, 4) is 34.5 Å². The molecule has 1 aliphatic carbocycles. The van der Waals surface area contributed by atoms with Crippen LogP contribution < -0.4 is 28.4 Å². The van der Waals surface area contributed by atoms with E-state index >= 15 is 0 Å². The highest BCUT2D eigenvalue weighted by molar-refractivity contribution is 5.91. The van der Waals surface area contributed by atoms with E-state index in [9.17, 15) is 4.79 Å². The Morgan fingerprint density at radius 3 is 1.82 bits per heavy atom. The summed E-state index contributed by atoms with van der Waals surface area (Å²) in [6.45, 7) is 9.97. The molecule has 2 atom stereocenters. The molecule has 4 rings (SSSR count). The summed E-state index contributed by atoms with van der Waals surface area (Å²) in [5, 5.41) is 0. The summed E-state index contributed by atoms with van der Waals surface area (Å²) in [6, 6.07) is -0.271. The molecule has 216 valence electrons. The first-order valence-electron chi connectivity index (χ1n) is 13.5. The number of rotatable bonds is 8. The van der Waals surface area contributed by atoms with E-state index in [0.29, 0.717) is 41.6 Å². The molecule has 8 heteroatoms.